The van der Waals surface area contributed by atoms with Crippen LogP contribution in [0, 0.1) is 18.3 Å². The molecule has 0 spiro atoms. The Kier molecular flexibility index (Phi) is 5.43. The van der Waals surface area contributed by atoms with Crippen LogP contribution in [0.2, 0.25) is 0 Å². The summed E-state index contributed by atoms with van der Waals surface area (Å²) < 4.78 is 5.02. The third-order valence-corrected chi connectivity index (χ3v) is 6.56. The Bertz CT molecular complexity index is 876. The average molecular weight is 386 g/mol. The molecule has 1 aliphatic carbocycles. The van der Waals surface area contributed by atoms with Gasteiger partial charge >= 0.3 is 5.97 Å². The summed E-state index contributed by atoms with van der Waals surface area (Å²) in [5.41, 5.74) is 3.41. The van der Waals surface area contributed by atoms with Gasteiger partial charge in [-0.05, 0) is 55.2 Å². The van der Waals surface area contributed by atoms with Crippen molar-refractivity contribution >= 4 is 28.2 Å². The summed E-state index contributed by atoms with van der Waals surface area (Å²) in [7, 11) is 1.39. The van der Waals surface area contributed by atoms with Crippen LogP contribution in [0.15, 0.2) is 24.3 Å². The van der Waals surface area contributed by atoms with E-state index in [1.54, 1.807) is 6.07 Å². The standard InChI is InChI=1S/C22H27NO3S/c1-13-7-6-8-14(11-13)19(24)23-20-18(21(25)26-5)16-10-9-15(22(2,3)4)12-17(16)27-20/h6-8,11,15H,9-10,12H2,1-5H3,(H,23,24). The Hall–Kier alpha value is -2.14. The summed E-state index contributed by atoms with van der Waals surface area (Å²) in [6, 6.07) is 7.44. The van der Waals surface area contributed by atoms with Crippen molar-refractivity contribution in [1.82, 2.24) is 0 Å². The molecule has 1 unspecified atom stereocenters. The highest BCUT2D eigenvalue weighted by Crippen LogP contribution is 2.44. The van der Waals surface area contributed by atoms with Crippen molar-refractivity contribution in [2.75, 3.05) is 12.4 Å². The van der Waals surface area contributed by atoms with Crippen molar-refractivity contribution in [3.8, 4) is 0 Å². The van der Waals surface area contributed by atoms with Crippen molar-refractivity contribution in [2.24, 2.45) is 11.3 Å². The molecule has 0 aliphatic heterocycles. The molecule has 2 aromatic rings. The largest absolute Gasteiger partial charge is 0.465 e. The summed E-state index contributed by atoms with van der Waals surface area (Å²) in [6.07, 6.45) is 2.83. The van der Waals surface area contributed by atoms with Crippen molar-refractivity contribution < 1.29 is 14.3 Å². The van der Waals surface area contributed by atoms with Crippen molar-refractivity contribution in [2.45, 2.75) is 47.0 Å². The number of carbonyl (C=O) groups is 2. The van der Waals surface area contributed by atoms with Crippen molar-refractivity contribution in [1.29, 1.82) is 0 Å². The molecule has 3 rings (SSSR count). The van der Waals surface area contributed by atoms with Gasteiger partial charge in [-0.3, -0.25) is 4.79 Å². The Balaban J connectivity index is 1.94. The van der Waals surface area contributed by atoms with E-state index in [0.717, 1.165) is 30.4 Å². The van der Waals surface area contributed by atoms with Gasteiger partial charge in [-0.2, -0.15) is 0 Å². The molecule has 1 heterocycles. The predicted molar refractivity (Wildman–Crippen MR) is 110 cm³/mol. The number of hydrogen-bond acceptors (Lipinski definition) is 4. The topological polar surface area (TPSA) is 55.4 Å². The number of anilines is 1. The minimum absolute atomic E-state index is 0.199. The Morgan fingerprint density at radius 1 is 1.26 bits per heavy atom. The molecule has 1 aromatic heterocycles. The minimum Gasteiger partial charge on any atom is -0.465 e. The zero-order valence-corrected chi connectivity index (χ0v) is 17.5. The number of methoxy groups -OCH3 is 1. The SMILES string of the molecule is COC(=O)c1c(NC(=O)c2cccc(C)c2)sc2c1CCC(C(C)(C)C)C2. The van der Waals surface area contributed by atoms with Crippen LogP contribution in [0.1, 0.15) is 63.9 Å². The fourth-order valence-electron chi connectivity index (χ4n) is 3.69. The van der Waals surface area contributed by atoms with Gasteiger partial charge < -0.3 is 10.1 Å². The van der Waals surface area contributed by atoms with Gasteiger partial charge in [0.1, 0.15) is 5.00 Å². The van der Waals surface area contributed by atoms with E-state index < -0.39 is 0 Å². The lowest BCUT2D eigenvalue weighted by Gasteiger charge is -2.33. The van der Waals surface area contributed by atoms with Crippen LogP contribution in [-0.2, 0) is 17.6 Å². The molecule has 1 aliphatic rings. The fraction of sp³-hybridized carbons (Fsp3) is 0.455. The van der Waals surface area contributed by atoms with Crippen LogP contribution >= 0.6 is 11.3 Å². The van der Waals surface area contributed by atoms with Gasteiger partial charge in [0.2, 0.25) is 0 Å². The van der Waals surface area contributed by atoms with Crippen LogP contribution in [-0.4, -0.2) is 19.0 Å². The molecule has 1 amide bonds. The second-order valence-electron chi connectivity index (χ2n) is 8.33. The Labute approximate surface area is 164 Å². The molecule has 1 atom stereocenters. The zero-order chi connectivity index (χ0) is 19.8. The number of thiophene rings is 1. The predicted octanol–water partition coefficient (Wildman–Crippen LogP) is 5.25. The first kappa shape index (κ1) is 19.6. The van der Waals surface area contributed by atoms with Gasteiger partial charge in [0.15, 0.2) is 0 Å². The number of carbonyl (C=O) groups excluding carboxylic acids is 2. The maximum atomic E-state index is 12.7. The van der Waals surface area contributed by atoms with E-state index in [9.17, 15) is 9.59 Å². The fourth-order valence-corrected chi connectivity index (χ4v) is 5.00. The van der Waals surface area contributed by atoms with Crippen molar-refractivity contribution in [3.05, 3.63) is 51.4 Å². The van der Waals surface area contributed by atoms with Gasteiger partial charge in [-0.25, -0.2) is 4.79 Å². The highest BCUT2D eigenvalue weighted by molar-refractivity contribution is 7.17. The molecule has 27 heavy (non-hydrogen) atoms. The van der Waals surface area contributed by atoms with Crippen molar-refractivity contribution in [3.63, 3.8) is 0 Å². The second kappa shape index (κ2) is 7.47. The summed E-state index contributed by atoms with van der Waals surface area (Å²) >= 11 is 1.52. The molecule has 1 aromatic carbocycles. The Morgan fingerprint density at radius 3 is 2.63 bits per heavy atom. The summed E-state index contributed by atoms with van der Waals surface area (Å²) in [4.78, 5) is 26.4. The first-order chi connectivity index (χ1) is 12.7. The number of ether oxygens (including phenoxy) is 1. The molecule has 0 saturated carbocycles. The number of fused-ring (bicyclic) bond motifs is 1. The number of amides is 1. The van der Waals surface area contributed by atoms with Crippen LogP contribution in [0.25, 0.3) is 0 Å². The average Bonchev–Trinajstić information content (AvgIpc) is 2.97. The summed E-state index contributed by atoms with van der Waals surface area (Å²) in [5, 5.41) is 3.56. The molecule has 0 fully saturated rings. The van der Waals surface area contributed by atoms with E-state index in [4.69, 9.17) is 4.74 Å². The van der Waals surface area contributed by atoms with Crippen LogP contribution in [0.3, 0.4) is 0 Å². The van der Waals surface area contributed by atoms with E-state index >= 15 is 0 Å². The molecular weight excluding hydrogens is 358 g/mol. The first-order valence-corrected chi connectivity index (χ1v) is 10.1. The normalized spacial score (nSPS) is 16.6. The van der Waals surface area contributed by atoms with Crippen LogP contribution in [0.5, 0.6) is 0 Å². The zero-order valence-electron chi connectivity index (χ0n) is 16.6. The maximum absolute atomic E-state index is 12.7. The quantitative estimate of drug-likeness (QED) is 0.735. The number of nitrogens with one attached hydrogen (secondary N) is 1. The number of benzene rings is 1. The van der Waals surface area contributed by atoms with E-state index in [2.05, 4.69) is 26.1 Å². The molecule has 5 heteroatoms. The van der Waals surface area contributed by atoms with Crippen LogP contribution < -0.4 is 5.32 Å². The van der Waals surface area contributed by atoms with Gasteiger partial charge in [-0.15, -0.1) is 11.3 Å². The maximum Gasteiger partial charge on any atom is 0.341 e. The third kappa shape index (κ3) is 4.08. The second-order valence-corrected chi connectivity index (χ2v) is 9.43. The highest BCUT2D eigenvalue weighted by atomic mass is 32.1. The first-order valence-electron chi connectivity index (χ1n) is 9.31. The Morgan fingerprint density at radius 2 is 2.00 bits per heavy atom. The van der Waals surface area contributed by atoms with E-state index in [0.29, 0.717) is 22.0 Å². The molecule has 0 saturated heterocycles. The molecule has 0 radical (unpaired) electrons. The van der Waals surface area contributed by atoms with Gasteiger partial charge in [0.05, 0.1) is 12.7 Å². The highest BCUT2D eigenvalue weighted by Gasteiger charge is 2.34. The number of rotatable bonds is 3. The monoisotopic (exact) mass is 385 g/mol. The third-order valence-electron chi connectivity index (χ3n) is 5.39. The number of hydrogen-bond donors (Lipinski definition) is 1. The summed E-state index contributed by atoms with van der Waals surface area (Å²) in [6.45, 7) is 8.74. The summed E-state index contributed by atoms with van der Waals surface area (Å²) in [5.74, 6) is -0.00876. The van der Waals surface area contributed by atoms with E-state index in [-0.39, 0.29) is 17.3 Å². The number of aryl methyl sites for hydroxylation is 1. The van der Waals surface area contributed by atoms with Gasteiger partial charge in [0, 0.05) is 10.4 Å². The van der Waals surface area contributed by atoms with E-state index in [1.165, 1.54) is 23.3 Å². The molecule has 1 N–H and O–H groups in total. The lowest BCUT2D eigenvalue weighted by molar-refractivity contribution is 0.0600. The molecule has 0 bridgehead atoms. The van der Waals surface area contributed by atoms with Gasteiger partial charge in [0.25, 0.3) is 5.91 Å². The minimum atomic E-state index is -0.374. The molecular formula is C22H27NO3S. The smallest absolute Gasteiger partial charge is 0.341 e. The number of esters is 1. The molecule has 144 valence electrons. The van der Waals surface area contributed by atoms with Crippen LogP contribution in [0.4, 0.5) is 5.00 Å². The van der Waals surface area contributed by atoms with E-state index in [1.807, 2.05) is 25.1 Å². The molecule has 4 nitrogen and oxygen atoms in total. The van der Waals surface area contributed by atoms with Gasteiger partial charge in [-0.1, -0.05) is 38.5 Å². The lowest BCUT2D eigenvalue weighted by atomic mass is 9.72. The lowest BCUT2D eigenvalue weighted by Crippen LogP contribution is -2.26.